The Hall–Kier alpha value is -1.90. The van der Waals surface area contributed by atoms with E-state index in [9.17, 15) is 4.79 Å². The van der Waals surface area contributed by atoms with Crippen LogP contribution in [0.15, 0.2) is 18.5 Å². The Labute approximate surface area is 124 Å². The van der Waals surface area contributed by atoms with Gasteiger partial charge in [0.1, 0.15) is 6.61 Å². The van der Waals surface area contributed by atoms with E-state index in [4.69, 9.17) is 5.11 Å². The van der Waals surface area contributed by atoms with Gasteiger partial charge in [-0.05, 0) is 25.3 Å². The standard InChI is InChI=1S/C16H19N3O2/c20-9-1-2-12-10-17-7-5-15(12)16(21)18-13-6-8-19(11-13)14-3-4-14/h5,7,10,13-14,20H,3-4,6,8-9,11H2,(H,18,21). The largest absolute Gasteiger partial charge is 0.384 e. The zero-order valence-electron chi connectivity index (χ0n) is 11.9. The summed E-state index contributed by atoms with van der Waals surface area (Å²) in [6.45, 7) is 1.79. The second kappa shape index (κ2) is 6.25. The molecule has 5 heteroatoms. The second-order valence-corrected chi connectivity index (χ2v) is 5.57. The third kappa shape index (κ3) is 3.41. The van der Waals surface area contributed by atoms with Gasteiger partial charge >= 0.3 is 0 Å². The van der Waals surface area contributed by atoms with Crippen molar-refractivity contribution in [1.29, 1.82) is 0 Å². The Morgan fingerprint density at radius 1 is 1.48 bits per heavy atom. The minimum Gasteiger partial charge on any atom is -0.384 e. The number of aromatic nitrogens is 1. The van der Waals surface area contributed by atoms with E-state index < -0.39 is 0 Å². The highest BCUT2D eigenvalue weighted by Gasteiger charge is 2.34. The lowest BCUT2D eigenvalue weighted by Crippen LogP contribution is -2.37. The van der Waals surface area contributed by atoms with Crippen LogP contribution in [0.3, 0.4) is 0 Å². The Balaban J connectivity index is 1.65. The summed E-state index contributed by atoms with van der Waals surface area (Å²) in [5, 5.41) is 11.9. The first-order valence-corrected chi connectivity index (χ1v) is 7.36. The minimum atomic E-state index is -0.227. The molecule has 2 fully saturated rings. The van der Waals surface area contributed by atoms with Crippen molar-refractivity contribution in [3.8, 4) is 11.8 Å². The van der Waals surface area contributed by atoms with Crippen molar-refractivity contribution < 1.29 is 9.90 Å². The lowest BCUT2D eigenvalue weighted by atomic mass is 10.1. The number of rotatable bonds is 3. The highest BCUT2D eigenvalue weighted by molar-refractivity contribution is 5.96. The molecule has 1 aliphatic carbocycles. The number of amides is 1. The minimum absolute atomic E-state index is 0.109. The maximum absolute atomic E-state index is 12.4. The van der Waals surface area contributed by atoms with E-state index in [1.165, 1.54) is 12.8 Å². The number of carbonyl (C=O) groups excluding carboxylic acids is 1. The number of aliphatic hydroxyl groups is 1. The Kier molecular flexibility index (Phi) is 4.18. The maximum Gasteiger partial charge on any atom is 0.252 e. The number of aliphatic hydroxyl groups excluding tert-OH is 1. The fourth-order valence-corrected chi connectivity index (χ4v) is 2.77. The van der Waals surface area contributed by atoms with Crippen molar-refractivity contribution in [2.45, 2.75) is 31.3 Å². The summed E-state index contributed by atoms with van der Waals surface area (Å²) in [7, 11) is 0. The Morgan fingerprint density at radius 3 is 3.10 bits per heavy atom. The fourth-order valence-electron chi connectivity index (χ4n) is 2.77. The first-order valence-electron chi connectivity index (χ1n) is 7.36. The van der Waals surface area contributed by atoms with Crippen molar-refractivity contribution in [3.05, 3.63) is 29.6 Å². The normalized spacial score (nSPS) is 21.7. The quantitative estimate of drug-likeness (QED) is 0.789. The van der Waals surface area contributed by atoms with Crippen LogP contribution in [0.25, 0.3) is 0 Å². The first kappa shape index (κ1) is 14.1. The smallest absolute Gasteiger partial charge is 0.252 e. The van der Waals surface area contributed by atoms with Gasteiger partial charge < -0.3 is 10.4 Å². The summed E-state index contributed by atoms with van der Waals surface area (Å²) in [6.07, 6.45) is 6.75. The van der Waals surface area contributed by atoms with Crippen molar-refractivity contribution in [3.63, 3.8) is 0 Å². The molecule has 0 bridgehead atoms. The molecule has 2 aliphatic rings. The van der Waals surface area contributed by atoms with Gasteiger partial charge in [-0.25, -0.2) is 0 Å². The molecule has 0 aromatic carbocycles. The fraction of sp³-hybridized carbons (Fsp3) is 0.500. The number of hydrogen-bond acceptors (Lipinski definition) is 4. The highest BCUT2D eigenvalue weighted by atomic mass is 16.2. The third-order valence-electron chi connectivity index (χ3n) is 3.99. The van der Waals surface area contributed by atoms with Crippen molar-refractivity contribution in [2.75, 3.05) is 19.7 Å². The molecule has 3 rings (SSSR count). The molecule has 1 amide bonds. The summed E-state index contributed by atoms with van der Waals surface area (Å²) in [5.41, 5.74) is 1.08. The van der Waals surface area contributed by atoms with E-state index in [0.717, 1.165) is 25.6 Å². The predicted octanol–water partition coefficient (Wildman–Crippen LogP) is 0.392. The average molecular weight is 285 g/mol. The zero-order valence-corrected chi connectivity index (χ0v) is 11.9. The Morgan fingerprint density at radius 2 is 2.33 bits per heavy atom. The highest BCUT2D eigenvalue weighted by Crippen LogP contribution is 2.29. The summed E-state index contributed by atoms with van der Waals surface area (Å²) >= 11 is 0. The average Bonchev–Trinajstić information content (AvgIpc) is 3.26. The molecule has 2 N–H and O–H groups in total. The lowest BCUT2D eigenvalue weighted by Gasteiger charge is -2.16. The van der Waals surface area contributed by atoms with Crippen LogP contribution >= 0.6 is 0 Å². The summed E-state index contributed by atoms with van der Waals surface area (Å²) in [4.78, 5) is 18.8. The molecule has 2 heterocycles. The van der Waals surface area contributed by atoms with Crippen LogP contribution in [0.2, 0.25) is 0 Å². The number of nitrogens with one attached hydrogen (secondary N) is 1. The zero-order chi connectivity index (χ0) is 14.7. The molecule has 1 saturated heterocycles. The predicted molar refractivity (Wildman–Crippen MR) is 78.7 cm³/mol. The number of likely N-dealkylation sites (tertiary alicyclic amines) is 1. The number of hydrogen-bond donors (Lipinski definition) is 2. The number of carbonyl (C=O) groups is 1. The van der Waals surface area contributed by atoms with Crippen LogP contribution < -0.4 is 5.32 Å². The van der Waals surface area contributed by atoms with Crippen molar-refractivity contribution >= 4 is 5.91 Å². The second-order valence-electron chi connectivity index (χ2n) is 5.57. The summed E-state index contributed by atoms with van der Waals surface area (Å²) < 4.78 is 0. The molecule has 1 unspecified atom stereocenters. The molecule has 5 nitrogen and oxygen atoms in total. The van der Waals surface area contributed by atoms with Crippen molar-refractivity contribution in [2.24, 2.45) is 0 Å². The summed E-state index contributed by atoms with van der Waals surface area (Å²) in [6, 6.07) is 2.63. The van der Waals surface area contributed by atoms with Crippen molar-refractivity contribution in [1.82, 2.24) is 15.2 Å². The van der Waals surface area contributed by atoms with Gasteiger partial charge in [-0.2, -0.15) is 0 Å². The van der Waals surface area contributed by atoms with Crippen LogP contribution in [-0.2, 0) is 0 Å². The van der Waals surface area contributed by atoms with Crippen LogP contribution in [0.4, 0.5) is 0 Å². The molecular weight excluding hydrogens is 266 g/mol. The molecular formula is C16H19N3O2. The number of nitrogens with zero attached hydrogens (tertiary/aromatic N) is 2. The van der Waals surface area contributed by atoms with E-state index in [1.807, 2.05) is 0 Å². The molecule has 0 radical (unpaired) electrons. The molecule has 0 spiro atoms. The van der Waals surface area contributed by atoms with Crippen LogP contribution in [0, 0.1) is 11.8 Å². The van der Waals surface area contributed by atoms with Gasteiger partial charge in [-0.3, -0.25) is 14.7 Å². The monoisotopic (exact) mass is 285 g/mol. The number of pyridine rings is 1. The maximum atomic E-state index is 12.4. The van der Waals surface area contributed by atoms with E-state index in [0.29, 0.717) is 11.1 Å². The van der Waals surface area contributed by atoms with Gasteiger partial charge in [0.2, 0.25) is 0 Å². The van der Waals surface area contributed by atoms with Gasteiger partial charge in [0, 0.05) is 37.6 Å². The van der Waals surface area contributed by atoms with Crippen LogP contribution in [0.1, 0.15) is 35.2 Å². The van der Waals surface area contributed by atoms with E-state index in [-0.39, 0.29) is 18.6 Å². The van der Waals surface area contributed by atoms with Gasteiger partial charge in [-0.15, -0.1) is 0 Å². The lowest BCUT2D eigenvalue weighted by molar-refractivity contribution is 0.0937. The molecule has 110 valence electrons. The third-order valence-corrected chi connectivity index (χ3v) is 3.99. The molecule has 1 aliphatic heterocycles. The topological polar surface area (TPSA) is 65.5 Å². The molecule has 1 saturated carbocycles. The van der Waals surface area contributed by atoms with E-state index >= 15 is 0 Å². The van der Waals surface area contributed by atoms with Crippen LogP contribution in [-0.4, -0.2) is 52.7 Å². The van der Waals surface area contributed by atoms with E-state index in [1.54, 1.807) is 18.5 Å². The molecule has 21 heavy (non-hydrogen) atoms. The van der Waals surface area contributed by atoms with E-state index in [2.05, 4.69) is 27.0 Å². The molecule has 1 aromatic rings. The molecule has 1 aromatic heterocycles. The van der Waals surface area contributed by atoms with Gasteiger partial charge in [0.05, 0.1) is 11.1 Å². The molecule has 1 atom stereocenters. The Bertz CT molecular complexity index is 587. The first-order chi connectivity index (χ1) is 10.3. The summed E-state index contributed by atoms with van der Waals surface area (Å²) in [5.74, 6) is 5.22. The van der Waals surface area contributed by atoms with Gasteiger partial charge in [0.25, 0.3) is 5.91 Å². The SMILES string of the molecule is O=C(NC1CCN(C2CC2)C1)c1ccncc1C#CCO. The van der Waals surface area contributed by atoms with Gasteiger partial charge in [0.15, 0.2) is 0 Å². The van der Waals surface area contributed by atoms with Gasteiger partial charge in [-0.1, -0.05) is 11.8 Å². The van der Waals surface area contributed by atoms with Crippen LogP contribution in [0.5, 0.6) is 0 Å².